The van der Waals surface area contributed by atoms with Crippen LogP contribution in [0.2, 0.25) is 0 Å². The van der Waals surface area contributed by atoms with Gasteiger partial charge in [0.25, 0.3) is 0 Å². The average Bonchev–Trinajstić information content (AvgIpc) is 2.83. The maximum atomic E-state index is 6.02. The number of imidazole rings is 1. The third-order valence-electron chi connectivity index (χ3n) is 6.04. The van der Waals surface area contributed by atoms with E-state index < -0.39 is 0 Å². The molecule has 2 bridgehead atoms. The van der Waals surface area contributed by atoms with E-state index in [1.807, 2.05) is 0 Å². The molecule has 4 atom stereocenters. The summed E-state index contributed by atoms with van der Waals surface area (Å²) in [6.07, 6.45) is 5.29. The number of hydrogen-bond donors (Lipinski definition) is 0. The summed E-state index contributed by atoms with van der Waals surface area (Å²) in [5.74, 6) is 5.66. The van der Waals surface area contributed by atoms with Crippen molar-refractivity contribution in [2.24, 2.45) is 23.7 Å². The van der Waals surface area contributed by atoms with E-state index in [9.17, 15) is 0 Å². The topological polar surface area (TPSA) is 17.8 Å². The molecule has 3 aliphatic rings. The van der Waals surface area contributed by atoms with Crippen LogP contribution in [0.15, 0.2) is 22.7 Å². The smallest absolute Gasteiger partial charge is 0.111 e. The molecule has 1 aromatic heterocycles. The zero-order chi connectivity index (χ0) is 14.1. The number of hydrogen-bond acceptors (Lipinski definition) is 1. The maximum Gasteiger partial charge on any atom is 0.111 e. The molecule has 0 spiro atoms. The maximum absolute atomic E-state index is 6.02. The van der Waals surface area contributed by atoms with Gasteiger partial charge in [-0.25, -0.2) is 4.98 Å². The van der Waals surface area contributed by atoms with E-state index in [4.69, 9.17) is 16.6 Å². The van der Waals surface area contributed by atoms with Crippen LogP contribution in [0.1, 0.15) is 31.1 Å². The quantitative estimate of drug-likeness (QED) is 0.715. The standard InChI is InChI=1S/C17H18BrClN2/c18-11-3-4-12-13(8-11)21(14(20-12)5-6-19)17-15-9-1-2-10(7-9)16(15)17/h3-4,8-10,15-17H,1-2,5-7H2. The molecule has 2 nitrogen and oxygen atoms in total. The molecule has 1 heterocycles. The minimum atomic E-state index is 0.652. The number of fused-ring (bicyclic) bond motifs is 6. The van der Waals surface area contributed by atoms with Crippen molar-refractivity contribution in [3.63, 3.8) is 0 Å². The molecule has 0 amide bonds. The number of aryl methyl sites for hydroxylation is 1. The molecule has 1 aromatic carbocycles. The van der Waals surface area contributed by atoms with Crippen LogP contribution in [-0.2, 0) is 6.42 Å². The van der Waals surface area contributed by atoms with Crippen LogP contribution in [0.4, 0.5) is 0 Å². The van der Waals surface area contributed by atoms with Gasteiger partial charge in [0.15, 0.2) is 0 Å². The van der Waals surface area contributed by atoms with Crippen LogP contribution < -0.4 is 0 Å². The Morgan fingerprint density at radius 1 is 1.24 bits per heavy atom. The number of benzene rings is 1. The Kier molecular flexibility index (Phi) is 2.76. The van der Waals surface area contributed by atoms with Crippen LogP contribution in [0.5, 0.6) is 0 Å². The van der Waals surface area contributed by atoms with Crippen molar-refractivity contribution in [2.75, 3.05) is 5.88 Å². The Morgan fingerprint density at radius 2 is 2.00 bits per heavy atom. The van der Waals surface area contributed by atoms with Crippen molar-refractivity contribution in [3.05, 3.63) is 28.5 Å². The van der Waals surface area contributed by atoms with Crippen molar-refractivity contribution in [1.82, 2.24) is 9.55 Å². The first-order valence-corrected chi connectivity index (χ1v) is 9.33. The van der Waals surface area contributed by atoms with E-state index in [0.717, 1.165) is 40.1 Å². The van der Waals surface area contributed by atoms with Crippen molar-refractivity contribution >= 4 is 38.6 Å². The molecule has 3 saturated carbocycles. The number of aromatic nitrogens is 2. The predicted molar refractivity (Wildman–Crippen MR) is 88.7 cm³/mol. The summed E-state index contributed by atoms with van der Waals surface area (Å²) in [7, 11) is 0. The summed E-state index contributed by atoms with van der Waals surface area (Å²) >= 11 is 9.63. The average molecular weight is 366 g/mol. The first kappa shape index (κ1) is 13.0. The van der Waals surface area contributed by atoms with Crippen molar-refractivity contribution < 1.29 is 0 Å². The van der Waals surface area contributed by atoms with Crippen LogP contribution >= 0.6 is 27.5 Å². The molecule has 0 saturated heterocycles. The van der Waals surface area contributed by atoms with E-state index in [-0.39, 0.29) is 0 Å². The first-order valence-electron chi connectivity index (χ1n) is 8.00. The van der Waals surface area contributed by atoms with Crippen LogP contribution in [0, 0.1) is 23.7 Å². The lowest BCUT2D eigenvalue weighted by molar-refractivity contribution is 0.452. The van der Waals surface area contributed by atoms with Gasteiger partial charge in [-0.15, -0.1) is 11.6 Å². The summed E-state index contributed by atoms with van der Waals surface area (Å²) in [5.41, 5.74) is 2.42. The second-order valence-corrected chi connectivity index (χ2v) is 8.24. The minimum absolute atomic E-state index is 0.652. The van der Waals surface area contributed by atoms with Crippen molar-refractivity contribution in [3.8, 4) is 0 Å². The number of rotatable bonds is 3. The summed E-state index contributed by atoms with van der Waals surface area (Å²) in [6, 6.07) is 7.15. The molecular formula is C17H18BrClN2. The second-order valence-electron chi connectivity index (χ2n) is 6.95. The van der Waals surface area contributed by atoms with E-state index in [2.05, 4.69) is 38.7 Å². The fraction of sp³-hybridized carbons (Fsp3) is 0.588. The Bertz CT molecular complexity index is 709. The highest BCUT2D eigenvalue weighted by atomic mass is 79.9. The fourth-order valence-corrected chi connectivity index (χ4v) is 5.85. The molecular weight excluding hydrogens is 348 g/mol. The zero-order valence-electron chi connectivity index (χ0n) is 11.8. The van der Waals surface area contributed by atoms with Crippen LogP contribution in [-0.4, -0.2) is 15.4 Å². The van der Waals surface area contributed by atoms with Gasteiger partial charge in [-0.05, 0) is 61.1 Å². The highest BCUT2D eigenvalue weighted by Gasteiger charge is 2.66. The first-order chi connectivity index (χ1) is 10.3. The van der Waals surface area contributed by atoms with Gasteiger partial charge in [0.05, 0.1) is 11.0 Å². The van der Waals surface area contributed by atoms with Gasteiger partial charge < -0.3 is 4.57 Å². The number of halogens is 2. The zero-order valence-corrected chi connectivity index (χ0v) is 14.1. The molecule has 5 rings (SSSR count). The summed E-state index contributed by atoms with van der Waals surface area (Å²) in [6.45, 7) is 0. The fourth-order valence-electron chi connectivity index (χ4n) is 5.33. The predicted octanol–water partition coefficient (Wildman–Crippen LogP) is 4.80. The van der Waals surface area contributed by atoms with Gasteiger partial charge in [0.1, 0.15) is 5.82 Å². The number of nitrogens with zero attached hydrogens (tertiary/aromatic N) is 2. The molecule has 0 N–H and O–H groups in total. The van der Waals surface area contributed by atoms with E-state index in [0.29, 0.717) is 11.9 Å². The third kappa shape index (κ3) is 1.74. The molecule has 110 valence electrons. The summed E-state index contributed by atoms with van der Waals surface area (Å²) < 4.78 is 3.69. The molecule has 0 aliphatic heterocycles. The highest BCUT2D eigenvalue weighted by Crippen LogP contribution is 2.72. The van der Waals surface area contributed by atoms with E-state index >= 15 is 0 Å². The Morgan fingerprint density at radius 3 is 2.71 bits per heavy atom. The molecule has 3 aliphatic carbocycles. The number of alkyl halides is 1. The third-order valence-corrected chi connectivity index (χ3v) is 6.72. The lowest BCUT2D eigenvalue weighted by Crippen LogP contribution is -2.09. The molecule has 4 unspecified atom stereocenters. The Hall–Kier alpha value is -0.540. The normalized spacial score (nSPS) is 36.4. The molecule has 3 fully saturated rings. The van der Waals surface area contributed by atoms with E-state index in [1.54, 1.807) is 0 Å². The van der Waals surface area contributed by atoms with Gasteiger partial charge in [-0.1, -0.05) is 15.9 Å². The SMILES string of the molecule is ClCCc1nc2ccc(Br)cc2n1C1C2C3CCC(C3)C21. The lowest BCUT2D eigenvalue weighted by Gasteiger charge is -2.14. The summed E-state index contributed by atoms with van der Waals surface area (Å²) in [4.78, 5) is 4.86. The van der Waals surface area contributed by atoms with Crippen molar-refractivity contribution in [2.45, 2.75) is 31.7 Å². The highest BCUT2D eigenvalue weighted by molar-refractivity contribution is 9.10. The Labute approximate surface area is 138 Å². The summed E-state index contributed by atoms with van der Waals surface area (Å²) in [5, 5.41) is 0. The van der Waals surface area contributed by atoms with Gasteiger partial charge in [-0.3, -0.25) is 0 Å². The van der Waals surface area contributed by atoms with Crippen LogP contribution in [0.3, 0.4) is 0 Å². The molecule has 2 aromatic rings. The van der Waals surface area contributed by atoms with Crippen molar-refractivity contribution in [1.29, 1.82) is 0 Å². The minimum Gasteiger partial charge on any atom is -0.324 e. The van der Waals surface area contributed by atoms with Gasteiger partial charge in [0.2, 0.25) is 0 Å². The second kappa shape index (κ2) is 4.48. The Balaban J connectivity index is 1.64. The molecule has 4 heteroatoms. The largest absolute Gasteiger partial charge is 0.324 e. The van der Waals surface area contributed by atoms with Gasteiger partial charge >= 0.3 is 0 Å². The molecule has 21 heavy (non-hydrogen) atoms. The van der Waals surface area contributed by atoms with E-state index in [1.165, 1.54) is 30.6 Å². The van der Waals surface area contributed by atoms with Gasteiger partial charge in [0, 0.05) is 22.8 Å². The lowest BCUT2D eigenvalue weighted by atomic mass is 10.0. The van der Waals surface area contributed by atoms with Crippen LogP contribution in [0.25, 0.3) is 11.0 Å². The molecule has 0 radical (unpaired) electrons. The van der Waals surface area contributed by atoms with Gasteiger partial charge in [-0.2, -0.15) is 0 Å². The monoisotopic (exact) mass is 364 g/mol.